The zero-order chi connectivity index (χ0) is 24.7. The molecule has 0 spiro atoms. The van der Waals surface area contributed by atoms with E-state index in [1.807, 2.05) is 0 Å². The highest BCUT2D eigenvalue weighted by Gasteiger charge is 2.40. The lowest BCUT2D eigenvalue weighted by atomic mass is 9.96. The van der Waals surface area contributed by atoms with E-state index in [0.717, 1.165) is 23.8 Å². The molecule has 1 aliphatic rings. The number of fused-ring (bicyclic) bond motifs is 3. The lowest BCUT2D eigenvalue weighted by Gasteiger charge is -2.16. The standard InChI is InChI=1S/C22H14N4O8/c1-11(12-5-3-2-4-6-12)23-22(28)17-9-13(24(29)30)7-15-19(17)20-16(21(15)27)8-14(25(31)32)10-18(20)26(33)34/h2-11H,1H3,(H,23,28)/t11-/m0/s1. The van der Waals surface area contributed by atoms with Gasteiger partial charge in [-0.1, -0.05) is 30.3 Å². The number of nitrogens with one attached hydrogen (secondary N) is 1. The number of nitro benzene ring substituents is 3. The van der Waals surface area contributed by atoms with Crippen molar-refractivity contribution in [2.24, 2.45) is 0 Å². The first-order valence-corrected chi connectivity index (χ1v) is 9.80. The first kappa shape index (κ1) is 22.2. The van der Waals surface area contributed by atoms with Crippen LogP contribution in [0.4, 0.5) is 17.1 Å². The highest BCUT2D eigenvalue weighted by Crippen LogP contribution is 2.47. The van der Waals surface area contributed by atoms with E-state index in [1.54, 1.807) is 37.3 Å². The minimum absolute atomic E-state index is 0.176. The third-order valence-electron chi connectivity index (χ3n) is 5.47. The number of carbonyl (C=O) groups excluding carboxylic acids is 2. The molecular formula is C22H14N4O8. The quantitative estimate of drug-likeness (QED) is 0.329. The molecule has 0 saturated heterocycles. The van der Waals surface area contributed by atoms with Crippen LogP contribution in [0.15, 0.2) is 54.6 Å². The number of carbonyl (C=O) groups is 2. The van der Waals surface area contributed by atoms with Crippen LogP contribution >= 0.6 is 0 Å². The molecule has 0 heterocycles. The maximum Gasteiger partial charge on any atom is 0.284 e. The summed E-state index contributed by atoms with van der Waals surface area (Å²) in [6.45, 7) is 1.68. The SMILES string of the molecule is C[C@H](NC(=O)c1cc([N+](=O)[O-])cc2c1-c1c(cc([N+](=O)[O-])cc1[N+](=O)[O-])C2=O)c1ccccc1. The molecule has 0 saturated carbocycles. The number of hydrogen-bond donors (Lipinski definition) is 1. The highest BCUT2D eigenvalue weighted by atomic mass is 16.6. The average molecular weight is 462 g/mol. The summed E-state index contributed by atoms with van der Waals surface area (Å²) in [5, 5.41) is 37.1. The number of rotatable bonds is 6. The molecule has 0 aromatic heterocycles. The van der Waals surface area contributed by atoms with E-state index in [1.165, 1.54) is 0 Å². The predicted molar refractivity (Wildman–Crippen MR) is 118 cm³/mol. The number of nitro groups is 3. The van der Waals surface area contributed by atoms with Crippen LogP contribution in [0.1, 0.15) is 44.8 Å². The Morgan fingerprint density at radius 3 is 1.94 bits per heavy atom. The Kier molecular flexibility index (Phi) is 5.33. The smallest absolute Gasteiger partial charge is 0.284 e. The average Bonchev–Trinajstić information content (AvgIpc) is 3.10. The molecule has 12 heteroatoms. The zero-order valence-corrected chi connectivity index (χ0v) is 17.4. The minimum atomic E-state index is -0.899. The van der Waals surface area contributed by atoms with Crippen molar-refractivity contribution in [1.29, 1.82) is 0 Å². The van der Waals surface area contributed by atoms with Gasteiger partial charge in [0.1, 0.15) is 0 Å². The molecule has 4 rings (SSSR count). The number of amides is 1. The van der Waals surface area contributed by atoms with Gasteiger partial charge in [0.05, 0.1) is 38.0 Å². The van der Waals surface area contributed by atoms with Gasteiger partial charge < -0.3 is 5.32 Å². The molecule has 0 radical (unpaired) electrons. The summed E-state index contributed by atoms with van der Waals surface area (Å²) in [5.74, 6) is -1.68. The maximum absolute atomic E-state index is 13.2. The molecule has 34 heavy (non-hydrogen) atoms. The van der Waals surface area contributed by atoms with Crippen molar-refractivity contribution < 1.29 is 24.4 Å². The first-order chi connectivity index (χ1) is 16.1. The number of nitrogens with zero attached hydrogens (tertiary/aromatic N) is 3. The Labute approximate surface area is 190 Å². The fourth-order valence-electron chi connectivity index (χ4n) is 3.91. The lowest BCUT2D eigenvalue weighted by Crippen LogP contribution is -2.27. The van der Waals surface area contributed by atoms with Crippen molar-refractivity contribution in [1.82, 2.24) is 5.32 Å². The van der Waals surface area contributed by atoms with Gasteiger partial charge in [-0.05, 0) is 12.5 Å². The van der Waals surface area contributed by atoms with Gasteiger partial charge in [-0.2, -0.15) is 0 Å². The molecule has 1 aliphatic carbocycles. The number of non-ortho nitro benzene ring substituents is 2. The largest absolute Gasteiger partial charge is 0.345 e. The van der Waals surface area contributed by atoms with Crippen LogP contribution in [-0.2, 0) is 0 Å². The van der Waals surface area contributed by atoms with Crippen molar-refractivity contribution in [3.63, 3.8) is 0 Å². The fourth-order valence-corrected chi connectivity index (χ4v) is 3.91. The Bertz CT molecular complexity index is 1420. The molecular weight excluding hydrogens is 448 g/mol. The van der Waals surface area contributed by atoms with Crippen LogP contribution in [0.25, 0.3) is 11.1 Å². The summed E-state index contributed by atoms with van der Waals surface area (Å²) in [4.78, 5) is 58.1. The third-order valence-corrected chi connectivity index (χ3v) is 5.47. The first-order valence-electron chi connectivity index (χ1n) is 9.80. The van der Waals surface area contributed by atoms with Crippen molar-refractivity contribution in [3.05, 3.63) is 107 Å². The molecule has 3 aromatic rings. The Morgan fingerprint density at radius 1 is 0.824 bits per heavy atom. The molecule has 1 atom stereocenters. The van der Waals surface area contributed by atoms with Crippen LogP contribution in [0.3, 0.4) is 0 Å². The molecule has 0 aliphatic heterocycles. The normalized spacial score (nSPS) is 12.4. The minimum Gasteiger partial charge on any atom is -0.345 e. The van der Waals surface area contributed by atoms with Gasteiger partial charge in [-0.15, -0.1) is 0 Å². The fraction of sp³-hybridized carbons (Fsp3) is 0.0909. The second-order valence-corrected chi connectivity index (χ2v) is 7.51. The van der Waals surface area contributed by atoms with E-state index in [2.05, 4.69) is 5.32 Å². The lowest BCUT2D eigenvalue weighted by molar-refractivity contribution is -0.393. The summed E-state index contributed by atoms with van der Waals surface area (Å²) in [5.41, 5.74) is -2.76. The Morgan fingerprint density at radius 2 is 1.38 bits per heavy atom. The van der Waals surface area contributed by atoms with Crippen molar-refractivity contribution in [3.8, 4) is 11.1 Å². The Balaban J connectivity index is 1.94. The topological polar surface area (TPSA) is 176 Å². The van der Waals surface area contributed by atoms with Crippen molar-refractivity contribution in [2.45, 2.75) is 13.0 Å². The van der Waals surface area contributed by atoms with Crippen LogP contribution in [0.2, 0.25) is 0 Å². The molecule has 1 amide bonds. The van der Waals surface area contributed by atoms with Crippen molar-refractivity contribution >= 4 is 28.8 Å². The molecule has 0 fully saturated rings. The van der Waals surface area contributed by atoms with Gasteiger partial charge in [0, 0.05) is 34.9 Å². The summed E-state index contributed by atoms with van der Waals surface area (Å²) < 4.78 is 0. The molecule has 3 aromatic carbocycles. The Hall–Kier alpha value is -5.00. The van der Waals surface area contributed by atoms with E-state index in [0.29, 0.717) is 6.07 Å². The number of benzene rings is 3. The molecule has 12 nitrogen and oxygen atoms in total. The van der Waals surface area contributed by atoms with Gasteiger partial charge in [-0.3, -0.25) is 39.9 Å². The monoisotopic (exact) mass is 462 g/mol. The summed E-state index contributed by atoms with van der Waals surface area (Å²) in [7, 11) is 0. The van der Waals surface area contributed by atoms with E-state index < -0.39 is 49.6 Å². The summed E-state index contributed by atoms with van der Waals surface area (Å²) >= 11 is 0. The van der Waals surface area contributed by atoms with Crippen LogP contribution in [0.5, 0.6) is 0 Å². The number of ketones is 1. The van der Waals surface area contributed by atoms with E-state index in [9.17, 15) is 39.9 Å². The number of hydrogen-bond acceptors (Lipinski definition) is 8. The van der Waals surface area contributed by atoms with Gasteiger partial charge >= 0.3 is 0 Å². The predicted octanol–water partition coefficient (Wildman–Crippen LogP) is 4.11. The summed E-state index contributed by atoms with van der Waals surface area (Å²) in [6.07, 6.45) is 0. The molecule has 1 N–H and O–H groups in total. The van der Waals surface area contributed by atoms with Crippen LogP contribution in [0, 0.1) is 30.3 Å². The maximum atomic E-state index is 13.2. The van der Waals surface area contributed by atoms with Crippen LogP contribution < -0.4 is 5.32 Å². The van der Waals surface area contributed by atoms with E-state index in [4.69, 9.17) is 0 Å². The summed E-state index contributed by atoms with van der Waals surface area (Å²) in [6, 6.07) is 11.7. The van der Waals surface area contributed by atoms with Crippen molar-refractivity contribution in [2.75, 3.05) is 0 Å². The third kappa shape index (κ3) is 3.62. The van der Waals surface area contributed by atoms with Gasteiger partial charge in [0.25, 0.3) is 23.0 Å². The zero-order valence-electron chi connectivity index (χ0n) is 17.4. The molecule has 0 bridgehead atoms. The van der Waals surface area contributed by atoms with Gasteiger partial charge in [0.15, 0.2) is 5.78 Å². The van der Waals surface area contributed by atoms with E-state index in [-0.39, 0.29) is 27.8 Å². The molecule has 170 valence electrons. The second kappa shape index (κ2) is 8.16. The van der Waals surface area contributed by atoms with Crippen LogP contribution in [-0.4, -0.2) is 26.5 Å². The molecule has 0 unspecified atom stereocenters. The van der Waals surface area contributed by atoms with Gasteiger partial charge in [-0.25, -0.2) is 0 Å². The highest BCUT2D eigenvalue weighted by molar-refractivity contribution is 6.26. The second-order valence-electron chi connectivity index (χ2n) is 7.51. The van der Waals surface area contributed by atoms with Gasteiger partial charge in [0.2, 0.25) is 0 Å². The van der Waals surface area contributed by atoms with E-state index >= 15 is 0 Å².